The fourth-order valence-electron chi connectivity index (χ4n) is 9.00. The van der Waals surface area contributed by atoms with Crippen molar-refractivity contribution in [1.82, 2.24) is 0 Å². The maximum Gasteiger partial charge on any atom is 0.306 e. The maximum absolute atomic E-state index is 12.9. The van der Waals surface area contributed by atoms with Gasteiger partial charge in [0.15, 0.2) is 6.10 Å². The van der Waals surface area contributed by atoms with Gasteiger partial charge in [-0.2, -0.15) is 0 Å². The molecule has 0 aromatic carbocycles. The summed E-state index contributed by atoms with van der Waals surface area (Å²) in [6.07, 6.45) is 69.9. The van der Waals surface area contributed by atoms with E-state index in [2.05, 4.69) is 57.2 Å². The number of unbranched alkanes of at least 4 members (excludes halogenated alkanes) is 39. The molecule has 0 amide bonds. The minimum absolute atomic E-state index is 0.0741. The normalized spacial score (nSPS) is 12.2. The highest BCUT2D eigenvalue weighted by Gasteiger charge is 2.19. The van der Waals surface area contributed by atoms with Crippen molar-refractivity contribution in [3.63, 3.8) is 0 Å². The van der Waals surface area contributed by atoms with Crippen LogP contribution in [0.3, 0.4) is 0 Å². The molecule has 0 radical (unpaired) electrons. The van der Waals surface area contributed by atoms with Crippen molar-refractivity contribution in [1.29, 1.82) is 0 Å². The molecule has 0 bridgehead atoms. The van der Waals surface area contributed by atoms with E-state index in [1.807, 2.05) is 0 Å². The van der Waals surface area contributed by atoms with Crippen molar-refractivity contribution < 1.29 is 28.6 Å². The number of carbonyl (C=O) groups excluding carboxylic acids is 3. The second-order valence-corrected chi connectivity index (χ2v) is 20.6. The van der Waals surface area contributed by atoms with E-state index in [0.29, 0.717) is 19.3 Å². The summed E-state index contributed by atoms with van der Waals surface area (Å²) in [5, 5.41) is 0. The summed E-state index contributed by atoms with van der Waals surface area (Å²) in [7, 11) is 0. The Labute approximate surface area is 429 Å². The smallest absolute Gasteiger partial charge is 0.306 e. The van der Waals surface area contributed by atoms with Crippen LogP contribution in [0.2, 0.25) is 0 Å². The first-order valence-electron chi connectivity index (χ1n) is 30.5. The number of hydrogen-bond donors (Lipinski definition) is 0. The molecule has 0 saturated carbocycles. The summed E-state index contributed by atoms with van der Waals surface area (Å²) in [5.74, 6) is -0.870. The van der Waals surface area contributed by atoms with Crippen LogP contribution >= 0.6 is 0 Å². The predicted octanol–water partition coefficient (Wildman–Crippen LogP) is 20.4. The molecule has 0 aromatic heterocycles. The molecule has 0 heterocycles. The first-order valence-corrected chi connectivity index (χ1v) is 30.5. The summed E-state index contributed by atoms with van der Waals surface area (Å²) in [4.78, 5) is 38.2. The molecular weight excluding hydrogens is 853 g/mol. The van der Waals surface area contributed by atoms with Gasteiger partial charge in [0.25, 0.3) is 0 Å². The van der Waals surface area contributed by atoms with Crippen LogP contribution in [-0.2, 0) is 28.6 Å². The highest BCUT2D eigenvalue weighted by Crippen LogP contribution is 2.17. The molecule has 0 fully saturated rings. The van der Waals surface area contributed by atoms with Crippen molar-refractivity contribution >= 4 is 17.9 Å². The number of rotatable bonds is 56. The molecular formula is C63H116O6. The van der Waals surface area contributed by atoms with E-state index in [1.165, 1.54) is 212 Å². The van der Waals surface area contributed by atoms with Gasteiger partial charge in [0.05, 0.1) is 0 Å². The van der Waals surface area contributed by atoms with Crippen molar-refractivity contribution in [2.45, 2.75) is 335 Å². The van der Waals surface area contributed by atoms with Gasteiger partial charge in [-0.05, 0) is 77.0 Å². The van der Waals surface area contributed by atoms with Gasteiger partial charge in [-0.15, -0.1) is 0 Å². The van der Waals surface area contributed by atoms with Gasteiger partial charge in [-0.1, -0.05) is 269 Å². The van der Waals surface area contributed by atoms with Gasteiger partial charge >= 0.3 is 17.9 Å². The zero-order valence-corrected chi connectivity index (χ0v) is 46.3. The van der Waals surface area contributed by atoms with Crippen LogP contribution in [0, 0.1) is 0 Å². The molecule has 0 aliphatic carbocycles. The predicted molar refractivity (Wildman–Crippen MR) is 298 cm³/mol. The molecule has 0 saturated heterocycles. The minimum atomic E-state index is -0.777. The summed E-state index contributed by atoms with van der Waals surface area (Å²) in [6, 6.07) is 0. The molecule has 1 atom stereocenters. The van der Waals surface area contributed by atoms with Crippen molar-refractivity contribution in [2.75, 3.05) is 13.2 Å². The van der Waals surface area contributed by atoms with Crippen molar-refractivity contribution in [2.24, 2.45) is 0 Å². The van der Waals surface area contributed by atoms with Crippen LogP contribution in [0.1, 0.15) is 329 Å². The van der Waals surface area contributed by atoms with Gasteiger partial charge in [-0.3, -0.25) is 14.4 Å². The third kappa shape index (κ3) is 56.4. The lowest BCUT2D eigenvalue weighted by atomic mass is 10.0. The van der Waals surface area contributed by atoms with Crippen molar-refractivity contribution in [3.8, 4) is 0 Å². The monoisotopic (exact) mass is 969 g/mol. The number of ether oxygens (including phenoxy) is 3. The average molecular weight is 970 g/mol. The van der Waals surface area contributed by atoms with Gasteiger partial charge in [-0.25, -0.2) is 0 Å². The van der Waals surface area contributed by atoms with Crippen LogP contribution in [0.15, 0.2) is 36.5 Å². The largest absolute Gasteiger partial charge is 0.462 e. The molecule has 69 heavy (non-hydrogen) atoms. The van der Waals surface area contributed by atoms with Gasteiger partial charge in [0.2, 0.25) is 0 Å². The molecule has 1 unspecified atom stereocenters. The molecule has 6 heteroatoms. The lowest BCUT2D eigenvalue weighted by molar-refractivity contribution is -0.167. The maximum atomic E-state index is 12.9. The molecule has 0 aliphatic heterocycles. The third-order valence-electron chi connectivity index (χ3n) is 13.6. The van der Waals surface area contributed by atoms with E-state index in [4.69, 9.17) is 14.2 Å². The van der Waals surface area contributed by atoms with Crippen LogP contribution in [0.4, 0.5) is 0 Å². The lowest BCUT2D eigenvalue weighted by Gasteiger charge is -2.18. The van der Waals surface area contributed by atoms with Gasteiger partial charge < -0.3 is 14.2 Å². The van der Waals surface area contributed by atoms with Crippen molar-refractivity contribution in [3.05, 3.63) is 36.5 Å². The third-order valence-corrected chi connectivity index (χ3v) is 13.6. The van der Waals surface area contributed by atoms with Crippen LogP contribution < -0.4 is 0 Å². The second kappa shape index (κ2) is 58.2. The van der Waals surface area contributed by atoms with E-state index in [1.54, 1.807) is 0 Å². The Hall–Kier alpha value is -2.37. The molecule has 6 nitrogen and oxygen atoms in total. The molecule has 404 valence electrons. The van der Waals surface area contributed by atoms with Gasteiger partial charge in [0, 0.05) is 19.3 Å². The number of carbonyl (C=O) groups is 3. The Morgan fingerprint density at radius 2 is 0.522 bits per heavy atom. The van der Waals surface area contributed by atoms with E-state index < -0.39 is 6.10 Å². The Bertz CT molecular complexity index is 1160. The topological polar surface area (TPSA) is 78.9 Å². The Morgan fingerprint density at radius 3 is 0.841 bits per heavy atom. The summed E-state index contributed by atoms with van der Waals surface area (Å²) >= 11 is 0. The lowest BCUT2D eigenvalue weighted by Crippen LogP contribution is -2.30. The van der Waals surface area contributed by atoms with E-state index in [0.717, 1.165) is 77.0 Å². The first-order chi connectivity index (χ1) is 34.0. The first kappa shape index (κ1) is 66.6. The van der Waals surface area contributed by atoms with E-state index >= 15 is 0 Å². The highest BCUT2D eigenvalue weighted by atomic mass is 16.6. The SMILES string of the molecule is CCCCC/C=C\C/C=C\CCCCCCCCCC(=O)OC(COC(=O)CCCCCCC/C=C\CCCCCCCC)COC(=O)CCCCCCCCCCCCCCCCCCCCC. The Balaban J connectivity index is 4.34. The molecule has 0 aliphatic rings. The molecule has 0 spiro atoms. The summed E-state index contributed by atoms with van der Waals surface area (Å²) in [6.45, 7) is 6.65. The Morgan fingerprint density at radius 1 is 0.290 bits per heavy atom. The van der Waals surface area contributed by atoms with Gasteiger partial charge in [0.1, 0.15) is 13.2 Å². The zero-order valence-electron chi connectivity index (χ0n) is 46.3. The van der Waals surface area contributed by atoms with Crippen LogP contribution in [0.25, 0.3) is 0 Å². The van der Waals surface area contributed by atoms with Crippen LogP contribution in [-0.4, -0.2) is 37.2 Å². The summed E-state index contributed by atoms with van der Waals surface area (Å²) < 4.78 is 16.9. The molecule has 0 rings (SSSR count). The fraction of sp³-hybridized carbons (Fsp3) is 0.857. The number of hydrogen-bond acceptors (Lipinski definition) is 6. The number of allylic oxidation sites excluding steroid dienone is 6. The fourth-order valence-corrected chi connectivity index (χ4v) is 9.00. The second-order valence-electron chi connectivity index (χ2n) is 20.6. The quantitative estimate of drug-likeness (QED) is 0.0261. The Kier molecular flexibility index (Phi) is 56.2. The molecule has 0 N–H and O–H groups in total. The summed E-state index contributed by atoms with van der Waals surface area (Å²) in [5.41, 5.74) is 0. The zero-order chi connectivity index (χ0) is 50.0. The standard InChI is InChI=1S/C63H116O6/c1-4-7-10-13-16-19-22-25-28-30-31-33-35-38-41-44-47-50-53-56-62(65)68-59-60(58-67-61(64)55-52-49-46-43-40-37-34-27-24-21-18-15-12-9-6-3)69-63(66)57-54-51-48-45-42-39-36-32-29-26-23-20-17-14-11-8-5-2/h17,20,26-27,29,34,60H,4-16,18-19,21-25,28,30-33,35-59H2,1-3H3/b20-17-,29-26-,34-27-. The number of esters is 3. The highest BCUT2D eigenvalue weighted by molar-refractivity contribution is 5.71. The molecule has 0 aromatic rings. The average Bonchev–Trinajstić information content (AvgIpc) is 3.35. The minimum Gasteiger partial charge on any atom is -0.462 e. The van der Waals surface area contributed by atoms with Crippen LogP contribution in [0.5, 0.6) is 0 Å². The van der Waals surface area contributed by atoms with E-state index in [-0.39, 0.29) is 31.1 Å². The van der Waals surface area contributed by atoms with E-state index in [9.17, 15) is 14.4 Å².